The lowest BCUT2D eigenvalue weighted by Crippen LogP contribution is -1.95. The van der Waals surface area contributed by atoms with E-state index in [0.717, 1.165) is 12.8 Å². The summed E-state index contributed by atoms with van der Waals surface area (Å²) in [6, 6.07) is 0. The molecule has 0 N–H and O–H groups in total. The Morgan fingerprint density at radius 3 is 2.53 bits per heavy atom. The Morgan fingerprint density at radius 2 is 2.00 bits per heavy atom. The van der Waals surface area contributed by atoms with Crippen LogP contribution < -0.4 is 0 Å². The first-order chi connectivity index (χ1) is 9.17. The van der Waals surface area contributed by atoms with Gasteiger partial charge in [-0.05, 0) is 48.0 Å². The maximum Gasteiger partial charge on any atom is -0.0149 e. The van der Waals surface area contributed by atoms with Crippen LogP contribution in [0.15, 0.2) is 84.6 Å². The molecule has 1 aliphatic rings. The van der Waals surface area contributed by atoms with E-state index in [1.54, 1.807) is 0 Å². The van der Waals surface area contributed by atoms with Gasteiger partial charge in [-0.3, -0.25) is 0 Å². The minimum absolute atomic E-state index is 0.635. The molecule has 0 saturated carbocycles. The molecule has 0 aromatic carbocycles. The molecule has 0 fully saturated rings. The van der Waals surface area contributed by atoms with Gasteiger partial charge >= 0.3 is 0 Å². The molecular formula is C19H24. The molecule has 0 aromatic rings. The van der Waals surface area contributed by atoms with E-state index in [0.29, 0.717) is 5.92 Å². The van der Waals surface area contributed by atoms with Crippen LogP contribution in [-0.2, 0) is 0 Å². The Labute approximate surface area is 117 Å². The summed E-state index contributed by atoms with van der Waals surface area (Å²) in [4.78, 5) is 0. The summed E-state index contributed by atoms with van der Waals surface area (Å²) < 4.78 is 0. The largest absolute Gasteiger partial charge is 0.0990 e. The fourth-order valence-electron chi connectivity index (χ4n) is 2.42. The van der Waals surface area contributed by atoms with Gasteiger partial charge in [-0.25, -0.2) is 0 Å². The minimum Gasteiger partial charge on any atom is -0.0990 e. The second-order valence-corrected chi connectivity index (χ2v) is 4.87. The van der Waals surface area contributed by atoms with Crippen LogP contribution in [-0.4, -0.2) is 0 Å². The van der Waals surface area contributed by atoms with E-state index in [1.165, 1.54) is 22.3 Å². The first-order valence-electron chi connectivity index (χ1n) is 6.82. The predicted molar refractivity (Wildman–Crippen MR) is 87.0 cm³/mol. The van der Waals surface area contributed by atoms with Gasteiger partial charge in [-0.1, -0.05) is 69.2 Å². The zero-order valence-electron chi connectivity index (χ0n) is 12.2. The van der Waals surface area contributed by atoms with Crippen molar-refractivity contribution in [2.75, 3.05) is 0 Å². The van der Waals surface area contributed by atoms with E-state index >= 15 is 0 Å². The molecule has 1 rings (SSSR count). The van der Waals surface area contributed by atoms with Crippen molar-refractivity contribution >= 4 is 0 Å². The molecule has 0 nitrogen and oxygen atoms in total. The molecular weight excluding hydrogens is 228 g/mol. The second kappa shape index (κ2) is 7.58. The first-order valence-corrected chi connectivity index (χ1v) is 6.82. The number of allylic oxidation sites excluding steroid dienone is 11. The van der Waals surface area contributed by atoms with Crippen molar-refractivity contribution in [3.05, 3.63) is 84.6 Å². The van der Waals surface area contributed by atoms with Crippen LogP contribution in [0.3, 0.4) is 0 Å². The third kappa shape index (κ3) is 3.82. The molecule has 19 heavy (non-hydrogen) atoms. The van der Waals surface area contributed by atoms with Crippen molar-refractivity contribution in [1.82, 2.24) is 0 Å². The molecule has 1 atom stereocenters. The number of hydrogen-bond acceptors (Lipinski definition) is 0. The van der Waals surface area contributed by atoms with Gasteiger partial charge in [0.1, 0.15) is 0 Å². The molecule has 1 unspecified atom stereocenters. The zero-order chi connectivity index (χ0) is 14.3. The van der Waals surface area contributed by atoms with Crippen molar-refractivity contribution in [2.24, 2.45) is 5.92 Å². The van der Waals surface area contributed by atoms with Crippen molar-refractivity contribution < 1.29 is 0 Å². The van der Waals surface area contributed by atoms with Gasteiger partial charge in [0, 0.05) is 0 Å². The van der Waals surface area contributed by atoms with Crippen LogP contribution in [0.4, 0.5) is 0 Å². The summed E-state index contributed by atoms with van der Waals surface area (Å²) in [5, 5.41) is 0. The predicted octanol–water partition coefficient (Wildman–Crippen LogP) is 5.70. The quantitative estimate of drug-likeness (QED) is 0.550. The Kier molecular flexibility index (Phi) is 6.08. The monoisotopic (exact) mass is 252 g/mol. The Hall–Kier alpha value is -1.82. The average Bonchev–Trinajstić information content (AvgIpc) is 2.57. The van der Waals surface area contributed by atoms with Crippen LogP contribution in [0.5, 0.6) is 0 Å². The van der Waals surface area contributed by atoms with Crippen molar-refractivity contribution in [3.63, 3.8) is 0 Å². The second-order valence-electron chi connectivity index (χ2n) is 4.87. The maximum atomic E-state index is 3.98. The molecule has 0 radical (unpaired) electrons. The van der Waals surface area contributed by atoms with Crippen LogP contribution >= 0.6 is 0 Å². The third-order valence-corrected chi connectivity index (χ3v) is 3.33. The summed E-state index contributed by atoms with van der Waals surface area (Å²) in [6.07, 6.45) is 16.4. The lowest BCUT2D eigenvalue weighted by molar-refractivity contribution is 0.595. The standard InChI is InChI=1S/C19H24/c1-6-10-17(11-7-2)19-13-12-15(5)14-16(8-3)18(19)9-4/h6-11,13,15H,1,3-4,12,14H2,2,5H3/b11-7-,17-10+. The lowest BCUT2D eigenvalue weighted by Gasteiger charge is -2.12. The molecule has 100 valence electrons. The summed E-state index contributed by atoms with van der Waals surface area (Å²) >= 11 is 0. The smallest absolute Gasteiger partial charge is 0.0149 e. The third-order valence-electron chi connectivity index (χ3n) is 3.33. The molecule has 0 spiro atoms. The van der Waals surface area contributed by atoms with Gasteiger partial charge in [0.2, 0.25) is 0 Å². The van der Waals surface area contributed by atoms with E-state index in [1.807, 2.05) is 31.2 Å². The summed E-state index contributed by atoms with van der Waals surface area (Å²) in [7, 11) is 0. The molecule has 0 amide bonds. The van der Waals surface area contributed by atoms with Gasteiger partial charge in [0.25, 0.3) is 0 Å². The Balaban J connectivity index is 3.42. The van der Waals surface area contributed by atoms with Crippen molar-refractivity contribution in [2.45, 2.75) is 26.7 Å². The minimum atomic E-state index is 0.635. The van der Waals surface area contributed by atoms with E-state index in [2.05, 4.69) is 44.9 Å². The highest BCUT2D eigenvalue weighted by atomic mass is 14.2. The average molecular weight is 252 g/mol. The van der Waals surface area contributed by atoms with E-state index in [4.69, 9.17) is 0 Å². The highest BCUT2D eigenvalue weighted by Gasteiger charge is 2.16. The summed E-state index contributed by atoms with van der Waals surface area (Å²) in [5.41, 5.74) is 4.91. The summed E-state index contributed by atoms with van der Waals surface area (Å²) in [6.45, 7) is 16.0. The van der Waals surface area contributed by atoms with Crippen LogP contribution in [0.2, 0.25) is 0 Å². The lowest BCUT2D eigenvalue weighted by atomic mass is 9.92. The molecule has 0 heterocycles. The molecule has 0 saturated heterocycles. The fourth-order valence-corrected chi connectivity index (χ4v) is 2.42. The van der Waals surface area contributed by atoms with Gasteiger partial charge in [-0.15, -0.1) is 0 Å². The van der Waals surface area contributed by atoms with Crippen LogP contribution in [0, 0.1) is 5.92 Å². The maximum absolute atomic E-state index is 3.98. The van der Waals surface area contributed by atoms with Gasteiger partial charge < -0.3 is 0 Å². The highest BCUT2D eigenvalue weighted by Crippen LogP contribution is 2.33. The van der Waals surface area contributed by atoms with Crippen LogP contribution in [0.25, 0.3) is 0 Å². The SMILES string of the molecule is C=C/C=C(\C=C/C)C1=CCC(C)CC(C=C)=C1C=C. The topological polar surface area (TPSA) is 0 Å². The van der Waals surface area contributed by atoms with Gasteiger partial charge in [0.05, 0.1) is 0 Å². The van der Waals surface area contributed by atoms with E-state index < -0.39 is 0 Å². The van der Waals surface area contributed by atoms with E-state index in [9.17, 15) is 0 Å². The number of rotatable bonds is 5. The molecule has 0 bridgehead atoms. The number of hydrogen-bond donors (Lipinski definition) is 0. The van der Waals surface area contributed by atoms with Crippen molar-refractivity contribution in [3.8, 4) is 0 Å². The summed E-state index contributed by atoms with van der Waals surface area (Å²) in [5.74, 6) is 0.635. The normalized spacial score (nSPS) is 21.1. The first kappa shape index (κ1) is 15.2. The fraction of sp³-hybridized carbons (Fsp3) is 0.263. The molecule has 1 aliphatic carbocycles. The molecule has 0 aromatic heterocycles. The molecule has 0 aliphatic heterocycles. The van der Waals surface area contributed by atoms with Crippen molar-refractivity contribution in [1.29, 1.82) is 0 Å². The van der Waals surface area contributed by atoms with Gasteiger partial charge in [-0.2, -0.15) is 0 Å². The van der Waals surface area contributed by atoms with E-state index in [-0.39, 0.29) is 0 Å². The van der Waals surface area contributed by atoms with Crippen LogP contribution in [0.1, 0.15) is 26.7 Å². The highest BCUT2D eigenvalue weighted by molar-refractivity contribution is 5.59. The Morgan fingerprint density at radius 1 is 1.26 bits per heavy atom. The zero-order valence-corrected chi connectivity index (χ0v) is 12.2. The Bertz CT molecular complexity index is 478. The van der Waals surface area contributed by atoms with Gasteiger partial charge in [0.15, 0.2) is 0 Å². The molecule has 0 heteroatoms.